The van der Waals surface area contributed by atoms with Gasteiger partial charge in [0.05, 0.1) is 6.54 Å². The first-order chi connectivity index (χ1) is 7.72. The first kappa shape index (κ1) is 13.5. The highest BCUT2D eigenvalue weighted by Crippen LogP contribution is 2.09. The van der Waals surface area contributed by atoms with Gasteiger partial charge in [-0.15, -0.1) is 0 Å². The second kappa shape index (κ2) is 7.63. The van der Waals surface area contributed by atoms with Gasteiger partial charge in [0.25, 0.3) is 0 Å². The molecule has 0 radical (unpaired) electrons. The average molecular weight is 227 g/mol. The van der Waals surface area contributed by atoms with Crippen molar-refractivity contribution in [2.45, 2.75) is 26.7 Å². The smallest absolute Gasteiger partial charge is 0.233 e. The number of hydrogen-bond donors (Lipinski definition) is 2. The van der Waals surface area contributed by atoms with E-state index in [1.54, 1.807) is 0 Å². The fourth-order valence-corrected chi connectivity index (χ4v) is 2.06. The lowest BCUT2D eigenvalue weighted by molar-refractivity contribution is -0.120. The molecule has 4 nitrogen and oxygen atoms in total. The second-order valence-corrected chi connectivity index (χ2v) is 4.70. The quantitative estimate of drug-likeness (QED) is 0.663. The summed E-state index contributed by atoms with van der Waals surface area (Å²) in [7, 11) is 0. The van der Waals surface area contributed by atoms with E-state index in [2.05, 4.69) is 22.5 Å². The van der Waals surface area contributed by atoms with Crippen LogP contribution in [0.5, 0.6) is 0 Å². The predicted octanol–water partition coefficient (Wildman–Crippen LogP) is 0.444. The van der Waals surface area contributed by atoms with Gasteiger partial charge in [-0.05, 0) is 38.4 Å². The van der Waals surface area contributed by atoms with E-state index < -0.39 is 0 Å². The first-order valence-electron chi connectivity index (χ1n) is 6.42. The summed E-state index contributed by atoms with van der Waals surface area (Å²) in [5, 5.41) is 5.99. The van der Waals surface area contributed by atoms with Gasteiger partial charge in [0.2, 0.25) is 5.91 Å². The van der Waals surface area contributed by atoms with E-state index in [-0.39, 0.29) is 5.91 Å². The van der Waals surface area contributed by atoms with Crippen LogP contribution in [-0.2, 0) is 4.79 Å². The van der Waals surface area contributed by atoms with Gasteiger partial charge in [0.1, 0.15) is 0 Å². The van der Waals surface area contributed by atoms with Crippen LogP contribution in [0.25, 0.3) is 0 Å². The monoisotopic (exact) mass is 227 g/mol. The molecule has 4 heteroatoms. The minimum absolute atomic E-state index is 0.107. The molecular weight excluding hydrogens is 202 g/mol. The normalized spacial score (nSPS) is 18.6. The lowest BCUT2D eigenvalue weighted by Gasteiger charge is -2.20. The Kier molecular flexibility index (Phi) is 6.42. The molecule has 0 aromatic heterocycles. The molecule has 0 aromatic rings. The van der Waals surface area contributed by atoms with Gasteiger partial charge in [-0.1, -0.05) is 13.8 Å². The number of likely N-dealkylation sites (N-methyl/N-ethyl adjacent to an activating group) is 1. The standard InChI is InChI=1S/C12H25N3O/c1-3-13-9-12(16)14-8-11(2)10-15-6-4-5-7-15/h11,13H,3-10H2,1-2H3,(H,14,16). The van der Waals surface area contributed by atoms with Crippen LogP contribution in [0.2, 0.25) is 0 Å². The van der Waals surface area contributed by atoms with Crippen LogP contribution in [0.4, 0.5) is 0 Å². The first-order valence-corrected chi connectivity index (χ1v) is 6.42. The van der Waals surface area contributed by atoms with Crippen molar-refractivity contribution in [3.8, 4) is 0 Å². The van der Waals surface area contributed by atoms with Crippen LogP contribution in [0.1, 0.15) is 26.7 Å². The molecule has 1 aliphatic rings. The Morgan fingerprint density at radius 1 is 1.38 bits per heavy atom. The highest BCUT2D eigenvalue weighted by atomic mass is 16.1. The number of carbonyl (C=O) groups is 1. The highest BCUT2D eigenvalue weighted by molar-refractivity contribution is 5.77. The van der Waals surface area contributed by atoms with Gasteiger partial charge < -0.3 is 15.5 Å². The van der Waals surface area contributed by atoms with Crippen LogP contribution in [0.15, 0.2) is 0 Å². The Bertz CT molecular complexity index is 202. The molecule has 1 unspecified atom stereocenters. The van der Waals surface area contributed by atoms with E-state index in [9.17, 15) is 4.79 Å². The number of nitrogens with zero attached hydrogens (tertiary/aromatic N) is 1. The Labute approximate surface area is 98.8 Å². The van der Waals surface area contributed by atoms with Crippen molar-refractivity contribution in [1.29, 1.82) is 0 Å². The number of nitrogens with one attached hydrogen (secondary N) is 2. The third kappa shape index (κ3) is 5.47. The molecule has 94 valence electrons. The van der Waals surface area contributed by atoms with E-state index in [0.717, 1.165) is 19.6 Å². The molecule has 1 fully saturated rings. The highest BCUT2D eigenvalue weighted by Gasteiger charge is 2.14. The second-order valence-electron chi connectivity index (χ2n) is 4.70. The molecule has 0 aromatic carbocycles. The molecular formula is C12H25N3O. The predicted molar refractivity (Wildman–Crippen MR) is 66.4 cm³/mol. The molecule has 0 spiro atoms. The van der Waals surface area contributed by atoms with Gasteiger partial charge in [-0.25, -0.2) is 0 Å². The van der Waals surface area contributed by atoms with Gasteiger partial charge in [0.15, 0.2) is 0 Å². The molecule has 1 heterocycles. The van der Waals surface area contributed by atoms with Crippen LogP contribution in [0, 0.1) is 5.92 Å². The van der Waals surface area contributed by atoms with Crippen molar-refractivity contribution in [2.75, 3.05) is 39.3 Å². The maximum Gasteiger partial charge on any atom is 0.233 e. The molecule has 1 atom stereocenters. The van der Waals surface area contributed by atoms with Gasteiger partial charge in [-0.2, -0.15) is 0 Å². The maximum atomic E-state index is 11.4. The van der Waals surface area contributed by atoms with Crippen molar-refractivity contribution >= 4 is 5.91 Å². The van der Waals surface area contributed by atoms with E-state index in [4.69, 9.17) is 0 Å². The largest absolute Gasteiger partial charge is 0.355 e. The van der Waals surface area contributed by atoms with E-state index in [1.165, 1.54) is 25.9 Å². The fourth-order valence-electron chi connectivity index (χ4n) is 2.06. The van der Waals surface area contributed by atoms with Crippen LogP contribution in [0.3, 0.4) is 0 Å². The summed E-state index contributed by atoms with van der Waals surface area (Å²) in [5.74, 6) is 0.652. The van der Waals surface area contributed by atoms with E-state index in [0.29, 0.717) is 12.5 Å². The number of amides is 1. The molecule has 0 saturated carbocycles. The van der Waals surface area contributed by atoms with E-state index in [1.807, 2.05) is 6.92 Å². The van der Waals surface area contributed by atoms with Crippen LogP contribution < -0.4 is 10.6 Å². The zero-order valence-electron chi connectivity index (χ0n) is 10.6. The van der Waals surface area contributed by atoms with Gasteiger partial charge in [-0.3, -0.25) is 4.79 Å². The minimum Gasteiger partial charge on any atom is -0.355 e. The fraction of sp³-hybridized carbons (Fsp3) is 0.917. The summed E-state index contributed by atoms with van der Waals surface area (Å²) in [4.78, 5) is 13.8. The third-order valence-corrected chi connectivity index (χ3v) is 2.95. The summed E-state index contributed by atoms with van der Waals surface area (Å²) in [6.07, 6.45) is 2.67. The van der Waals surface area contributed by atoms with Crippen molar-refractivity contribution in [3.05, 3.63) is 0 Å². The van der Waals surface area contributed by atoms with Crippen molar-refractivity contribution < 1.29 is 4.79 Å². The number of carbonyl (C=O) groups excluding carboxylic acids is 1. The number of likely N-dealkylation sites (tertiary alicyclic amines) is 1. The Balaban J connectivity index is 2.04. The van der Waals surface area contributed by atoms with Crippen molar-refractivity contribution in [3.63, 3.8) is 0 Å². The lowest BCUT2D eigenvalue weighted by Crippen LogP contribution is -2.38. The molecule has 0 bridgehead atoms. The number of rotatable bonds is 7. The van der Waals surface area contributed by atoms with Crippen LogP contribution in [-0.4, -0.2) is 50.1 Å². The minimum atomic E-state index is 0.107. The summed E-state index contributed by atoms with van der Waals surface area (Å²) in [6, 6.07) is 0. The number of hydrogen-bond acceptors (Lipinski definition) is 3. The average Bonchev–Trinajstić information content (AvgIpc) is 2.76. The topological polar surface area (TPSA) is 44.4 Å². The lowest BCUT2D eigenvalue weighted by atomic mass is 10.1. The molecule has 2 N–H and O–H groups in total. The zero-order valence-corrected chi connectivity index (χ0v) is 10.6. The molecule has 0 aliphatic carbocycles. The molecule has 1 rings (SSSR count). The Morgan fingerprint density at radius 2 is 2.06 bits per heavy atom. The van der Waals surface area contributed by atoms with E-state index >= 15 is 0 Å². The summed E-state index contributed by atoms with van der Waals surface area (Å²) in [6.45, 7) is 9.85. The zero-order chi connectivity index (χ0) is 11.8. The molecule has 1 saturated heterocycles. The maximum absolute atomic E-state index is 11.4. The SMILES string of the molecule is CCNCC(=O)NCC(C)CN1CCCC1. The van der Waals surface area contributed by atoms with Crippen molar-refractivity contribution in [2.24, 2.45) is 5.92 Å². The molecule has 1 amide bonds. The Hall–Kier alpha value is -0.610. The van der Waals surface area contributed by atoms with Crippen LogP contribution >= 0.6 is 0 Å². The molecule has 1 aliphatic heterocycles. The van der Waals surface area contributed by atoms with Gasteiger partial charge in [0, 0.05) is 13.1 Å². The van der Waals surface area contributed by atoms with Gasteiger partial charge >= 0.3 is 0 Å². The van der Waals surface area contributed by atoms with Crippen molar-refractivity contribution in [1.82, 2.24) is 15.5 Å². The summed E-state index contributed by atoms with van der Waals surface area (Å²) in [5.41, 5.74) is 0. The molecule has 16 heavy (non-hydrogen) atoms. The third-order valence-electron chi connectivity index (χ3n) is 2.95. The summed E-state index contributed by atoms with van der Waals surface area (Å²) >= 11 is 0. The summed E-state index contributed by atoms with van der Waals surface area (Å²) < 4.78 is 0. The Morgan fingerprint density at radius 3 is 2.69 bits per heavy atom.